The van der Waals surface area contributed by atoms with Gasteiger partial charge in [-0.15, -0.1) is 0 Å². The molecule has 4 aliphatic carbocycles. The van der Waals surface area contributed by atoms with E-state index in [1.54, 1.807) is 18.5 Å². The van der Waals surface area contributed by atoms with Crippen LogP contribution < -0.4 is 5.43 Å². The van der Waals surface area contributed by atoms with Crippen LogP contribution in [0.5, 0.6) is 0 Å². The molecule has 4 saturated carbocycles. The van der Waals surface area contributed by atoms with Crippen molar-refractivity contribution in [2.24, 2.45) is 28.3 Å². The third-order valence-corrected chi connectivity index (χ3v) is 5.62. The van der Waals surface area contributed by atoms with Crippen LogP contribution in [-0.2, 0) is 4.79 Å². The van der Waals surface area contributed by atoms with Crippen LogP contribution in [0.25, 0.3) is 0 Å². The summed E-state index contributed by atoms with van der Waals surface area (Å²) in [5.41, 5.74) is 2.94. The zero-order valence-electron chi connectivity index (χ0n) is 12.3. The van der Waals surface area contributed by atoms with E-state index in [-0.39, 0.29) is 11.3 Å². The molecule has 112 valence electrons. The second-order valence-corrected chi connectivity index (χ2v) is 7.40. The number of hydrogen-bond donors (Lipinski definition) is 1. The summed E-state index contributed by atoms with van der Waals surface area (Å²) in [5.74, 6) is 3.37. The molecule has 1 heterocycles. The van der Waals surface area contributed by atoms with Gasteiger partial charge in [0, 0.05) is 6.42 Å². The van der Waals surface area contributed by atoms with Crippen LogP contribution in [0.15, 0.2) is 27.9 Å². The molecule has 1 amide bonds. The number of nitrogens with one attached hydrogen (secondary N) is 1. The average Bonchev–Trinajstić information content (AvgIpc) is 2.89. The third kappa shape index (κ3) is 2.63. The molecule has 0 unspecified atom stereocenters. The summed E-state index contributed by atoms with van der Waals surface area (Å²) in [6.45, 7) is 0. The van der Waals surface area contributed by atoms with Crippen LogP contribution in [0, 0.1) is 23.2 Å². The molecular formula is C17H22N2O2. The zero-order valence-corrected chi connectivity index (χ0v) is 12.3. The quantitative estimate of drug-likeness (QED) is 0.681. The maximum absolute atomic E-state index is 12.2. The summed E-state index contributed by atoms with van der Waals surface area (Å²) < 4.78 is 5.15. The van der Waals surface area contributed by atoms with Crippen molar-refractivity contribution in [1.29, 1.82) is 0 Å². The molecular weight excluding hydrogens is 264 g/mol. The van der Waals surface area contributed by atoms with Gasteiger partial charge in [-0.05, 0) is 73.8 Å². The molecule has 1 aromatic rings. The molecule has 0 saturated heterocycles. The molecule has 4 heteroatoms. The van der Waals surface area contributed by atoms with Crippen LogP contribution in [0.4, 0.5) is 0 Å². The van der Waals surface area contributed by atoms with Crippen molar-refractivity contribution in [2.45, 2.75) is 44.9 Å². The Bertz CT molecular complexity index is 512. The maximum atomic E-state index is 12.2. The molecule has 0 atom stereocenters. The number of carbonyl (C=O) groups excluding carboxylic acids is 1. The first-order valence-corrected chi connectivity index (χ1v) is 8.06. The van der Waals surface area contributed by atoms with Crippen LogP contribution in [0.2, 0.25) is 0 Å². The van der Waals surface area contributed by atoms with Crippen molar-refractivity contribution < 1.29 is 9.21 Å². The molecule has 1 aromatic heterocycles. The summed E-state index contributed by atoms with van der Waals surface area (Å²) in [4.78, 5) is 12.2. The van der Waals surface area contributed by atoms with Gasteiger partial charge in [0.25, 0.3) is 0 Å². The largest absolute Gasteiger partial charge is 0.463 e. The van der Waals surface area contributed by atoms with Gasteiger partial charge >= 0.3 is 0 Å². The van der Waals surface area contributed by atoms with E-state index in [9.17, 15) is 4.79 Å². The third-order valence-electron chi connectivity index (χ3n) is 5.62. The van der Waals surface area contributed by atoms with E-state index in [1.807, 2.05) is 6.07 Å². The Balaban J connectivity index is 1.36. The van der Waals surface area contributed by atoms with Crippen molar-refractivity contribution in [3.63, 3.8) is 0 Å². The predicted molar refractivity (Wildman–Crippen MR) is 79.7 cm³/mol. The Morgan fingerprint density at radius 3 is 2.52 bits per heavy atom. The molecule has 21 heavy (non-hydrogen) atoms. The van der Waals surface area contributed by atoms with Gasteiger partial charge in [-0.3, -0.25) is 4.79 Å². The van der Waals surface area contributed by atoms with Crippen molar-refractivity contribution in [3.05, 3.63) is 24.2 Å². The normalized spacial score (nSPS) is 37.2. The molecule has 0 aliphatic heterocycles. The number of nitrogens with zero attached hydrogens (tertiary/aromatic N) is 1. The summed E-state index contributed by atoms with van der Waals surface area (Å²) in [5, 5.41) is 3.99. The van der Waals surface area contributed by atoms with E-state index in [2.05, 4.69) is 10.5 Å². The maximum Gasteiger partial charge on any atom is 0.240 e. The van der Waals surface area contributed by atoms with Crippen LogP contribution >= 0.6 is 0 Å². The zero-order chi connectivity index (χ0) is 14.3. The van der Waals surface area contributed by atoms with Gasteiger partial charge in [-0.25, -0.2) is 5.43 Å². The fraction of sp³-hybridized carbons (Fsp3) is 0.647. The molecule has 5 rings (SSSR count). The lowest BCUT2D eigenvalue weighted by Gasteiger charge is -2.56. The molecule has 1 N–H and O–H groups in total. The highest BCUT2D eigenvalue weighted by molar-refractivity contribution is 5.80. The lowest BCUT2D eigenvalue weighted by atomic mass is 9.49. The molecule has 0 aromatic carbocycles. The number of rotatable bonds is 4. The summed E-state index contributed by atoms with van der Waals surface area (Å²) in [6.07, 6.45) is 11.8. The van der Waals surface area contributed by atoms with Gasteiger partial charge in [-0.1, -0.05) is 0 Å². The monoisotopic (exact) mass is 286 g/mol. The van der Waals surface area contributed by atoms with Gasteiger partial charge in [-0.2, -0.15) is 5.10 Å². The van der Waals surface area contributed by atoms with Crippen molar-refractivity contribution in [1.82, 2.24) is 5.43 Å². The Morgan fingerprint density at radius 2 is 1.95 bits per heavy atom. The number of furan rings is 1. The highest BCUT2D eigenvalue weighted by Crippen LogP contribution is 2.61. The lowest BCUT2D eigenvalue weighted by molar-refractivity contribution is -0.129. The Hall–Kier alpha value is -1.58. The Morgan fingerprint density at radius 1 is 1.29 bits per heavy atom. The number of amides is 1. The van der Waals surface area contributed by atoms with E-state index in [1.165, 1.54) is 38.5 Å². The Labute approximate surface area is 125 Å². The minimum absolute atomic E-state index is 0.0553. The van der Waals surface area contributed by atoms with E-state index >= 15 is 0 Å². The van der Waals surface area contributed by atoms with Crippen molar-refractivity contribution in [2.75, 3.05) is 0 Å². The molecule has 0 radical (unpaired) electrons. The predicted octanol–water partition coefficient (Wildman–Crippen LogP) is 3.34. The van der Waals surface area contributed by atoms with Crippen LogP contribution in [0.1, 0.15) is 50.7 Å². The van der Waals surface area contributed by atoms with E-state index < -0.39 is 0 Å². The number of hydrogen-bond acceptors (Lipinski definition) is 3. The van der Waals surface area contributed by atoms with E-state index in [0.717, 1.165) is 17.8 Å². The van der Waals surface area contributed by atoms with Gasteiger partial charge in [0.1, 0.15) is 5.76 Å². The fourth-order valence-electron chi connectivity index (χ4n) is 5.42. The molecule has 4 bridgehead atoms. The van der Waals surface area contributed by atoms with E-state index in [0.29, 0.717) is 12.2 Å². The molecule has 4 nitrogen and oxygen atoms in total. The minimum Gasteiger partial charge on any atom is -0.463 e. The average molecular weight is 286 g/mol. The first kappa shape index (κ1) is 13.1. The van der Waals surface area contributed by atoms with Crippen LogP contribution in [-0.4, -0.2) is 12.1 Å². The number of hydrazone groups is 1. The van der Waals surface area contributed by atoms with Crippen molar-refractivity contribution in [3.8, 4) is 0 Å². The van der Waals surface area contributed by atoms with E-state index in [4.69, 9.17) is 4.42 Å². The lowest BCUT2D eigenvalue weighted by Crippen LogP contribution is -2.47. The Kier molecular flexibility index (Phi) is 3.12. The first-order valence-electron chi connectivity index (χ1n) is 8.06. The minimum atomic E-state index is 0.0553. The molecule has 4 fully saturated rings. The summed E-state index contributed by atoms with van der Waals surface area (Å²) in [6, 6.07) is 3.62. The number of carbonyl (C=O) groups is 1. The first-order chi connectivity index (χ1) is 10.2. The SMILES string of the molecule is O=C(CC12CC3CC(CC(C3)C1)C2)NN=Cc1ccco1. The van der Waals surface area contributed by atoms with Gasteiger partial charge in [0.15, 0.2) is 0 Å². The fourth-order valence-corrected chi connectivity index (χ4v) is 5.42. The van der Waals surface area contributed by atoms with Gasteiger partial charge in [0.05, 0.1) is 12.5 Å². The smallest absolute Gasteiger partial charge is 0.240 e. The highest BCUT2D eigenvalue weighted by atomic mass is 16.3. The highest BCUT2D eigenvalue weighted by Gasteiger charge is 2.51. The topological polar surface area (TPSA) is 54.6 Å². The summed E-state index contributed by atoms with van der Waals surface area (Å²) in [7, 11) is 0. The van der Waals surface area contributed by atoms with Crippen LogP contribution in [0.3, 0.4) is 0 Å². The standard InChI is InChI=1S/C17H22N2O2/c20-16(19-18-11-15-2-1-3-21-15)10-17-7-12-4-13(8-17)6-14(5-12)9-17/h1-3,11-14H,4-10H2,(H,19,20). The van der Waals surface area contributed by atoms with Crippen molar-refractivity contribution >= 4 is 12.1 Å². The molecule has 4 aliphatic rings. The second kappa shape index (κ2) is 5.00. The van der Waals surface area contributed by atoms with Gasteiger partial charge in [0.2, 0.25) is 5.91 Å². The molecule has 0 spiro atoms. The summed E-state index contributed by atoms with van der Waals surface area (Å²) >= 11 is 0. The van der Waals surface area contributed by atoms with Gasteiger partial charge < -0.3 is 4.42 Å². The second-order valence-electron chi connectivity index (χ2n) is 7.40.